The SMILES string of the molecule is O=C(Cc1[nH]c(=S)n2c1C[C@@H](c1c(F)ccc(Cl)c1F)C2)NC1CCS(O)(O)CC1. The number of carbonyl (C=O) groups excluding carboxylic acids is 1. The average molecular weight is 478 g/mol. The van der Waals surface area contributed by atoms with Gasteiger partial charge in [-0.1, -0.05) is 11.6 Å². The third kappa shape index (κ3) is 4.29. The Morgan fingerprint density at radius 1 is 1.33 bits per heavy atom. The van der Waals surface area contributed by atoms with Crippen molar-refractivity contribution in [2.75, 3.05) is 11.5 Å². The van der Waals surface area contributed by atoms with Crippen molar-refractivity contribution >= 4 is 40.3 Å². The first-order valence-corrected chi connectivity index (χ1v) is 12.3. The predicted molar refractivity (Wildman–Crippen MR) is 115 cm³/mol. The number of amides is 1. The van der Waals surface area contributed by atoms with Gasteiger partial charge in [-0.05, 0) is 43.6 Å². The molecule has 0 radical (unpaired) electrons. The van der Waals surface area contributed by atoms with Crippen LogP contribution in [0, 0.1) is 16.4 Å². The minimum atomic E-state index is -2.50. The monoisotopic (exact) mass is 477 g/mol. The largest absolute Gasteiger partial charge is 0.353 e. The Balaban J connectivity index is 1.47. The Bertz CT molecular complexity index is 1050. The average Bonchev–Trinajstić information content (AvgIpc) is 3.22. The van der Waals surface area contributed by atoms with E-state index in [9.17, 15) is 22.7 Å². The van der Waals surface area contributed by atoms with Gasteiger partial charge in [0, 0.05) is 47.0 Å². The van der Waals surface area contributed by atoms with Gasteiger partial charge in [0.05, 0.1) is 11.4 Å². The summed E-state index contributed by atoms with van der Waals surface area (Å²) in [6.45, 7) is 0.307. The molecule has 0 spiro atoms. The van der Waals surface area contributed by atoms with E-state index in [4.69, 9.17) is 23.8 Å². The smallest absolute Gasteiger partial charge is 0.226 e. The Kier molecular flexibility index (Phi) is 5.97. The van der Waals surface area contributed by atoms with E-state index < -0.39 is 28.1 Å². The van der Waals surface area contributed by atoms with Crippen LogP contribution in [0.2, 0.25) is 5.02 Å². The lowest BCUT2D eigenvalue weighted by Gasteiger charge is -2.39. The van der Waals surface area contributed by atoms with Crippen molar-refractivity contribution in [2.24, 2.45) is 0 Å². The number of hydrogen-bond acceptors (Lipinski definition) is 4. The number of rotatable bonds is 4. The predicted octanol–water partition coefficient (Wildman–Crippen LogP) is 4.39. The van der Waals surface area contributed by atoms with Crippen molar-refractivity contribution in [2.45, 2.75) is 44.2 Å². The second kappa shape index (κ2) is 8.23. The summed E-state index contributed by atoms with van der Waals surface area (Å²) in [6, 6.07) is 2.25. The van der Waals surface area contributed by atoms with Gasteiger partial charge in [-0.2, -0.15) is 10.6 Å². The number of fused-ring (bicyclic) bond motifs is 1. The number of imidazole rings is 1. The Hall–Kier alpha value is -1.46. The maximum Gasteiger partial charge on any atom is 0.226 e. The quantitative estimate of drug-likeness (QED) is 0.388. The van der Waals surface area contributed by atoms with Crippen LogP contribution in [0.1, 0.15) is 35.7 Å². The molecule has 2 aliphatic rings. The van der Waals surface area contributed by atoms with E-state index in [1.807, 2.05) is 0 Å². The van der Waals surface area contributed by atoms with E-state index in [0.29, 0.717) is 47.8 Å². The van der Waals surface area contributed by atoms with Crippen molar-refractivity contribution in [3.63, 3.8) is 0 Å². The zero-order chi connectivity index (χ0) is 21.6. The van der Waals surface area contributed by atoms with Crippen LogP contribution in [0.5, 0.6) is 0 Å². The summed E-state index contributed by atoms with van der Waals surface area (Å²) in [7, 11) is -2.50. The summed E-state index contributed by atoms with van der Waals surface area (Å²) in [4.78, 5) is 15.6. The molecule has 30 heavy (non-hydrogen) atoms. The second-order valence-electron chi connectivity index (χ2n) is 7.85. The van der Waals surface area contributed by atoms with E-state index in [0.717, 1.165) is 11.8 Å². The van der Waals surface area contributed by atoms with Crippen LogP contribution < -0.4 is 5.32 Å². The van der Waals surface area contributed by atoms with Crippen molar-refractivity contribution in [3.05, 3.63) is 50.5 Å². The number of H-pyrrole nitrogens is 1. The first-order valence-electron chi connectivity index (χ1n) is 9.61. The van der Waals surface area contributed by atoms with E-state index >= 15 is 0 Å². The number of hydrogen-bond donors (Lipinski definition) is 4. The lowest BCUT2D eigenvalue weighted by Crippen LogP contribution is -2.40. The Labute approximate surface area is 184 Å². The highest BCUT2D eigenvalue weighted by molar-refractivity contribution is 8.24. The molecule has 1 fully saturated rings. The molecule has 4 N–H and O–H groups in total. The van der Waals surface area contributed by atoms with Crippen LogP contribution in [-0.2, 0) is 24.2 Å². The number of nitrogens with zero attached hydrogens (tertiary/aromatic N) is 1. The topological polar surface area (TPSA) is 90.3 Å². The molecule has 3 heterocycles. The number of carbonyl (C=O) groups is 1. The standard InChI is InChI=1S/C19H22ClF2N3O3S2/c20-12-1-2-13(21)17(18(12)22)10-7-15-14(24-19(29)25(15)9-10)8-16(26)23-11-3-5-30(27,28)6-4-11/h1-2,10-11,27-28H,3-9H2,(H,23,26)(H,24,29)/t10-/m1/s1. The lowest BCUT2D eigenvalue weighted by molar-refractivity contribution is -0.121. The normalized spacial score (nSPS) is 22.0. The molecule has 11 heteroatoms. The summed E-state index contributed by atoms with van der Waals surface area (Å²) in [5.74, 6) is -1.49. The third-order valence-electron chi connectivity index (χ3n) is 5.80. The molecular weight excluding hydrogens is 456 g/mol. The molecule has 1 atom stereocenters. The molecule has 4 rings (SSSR count). The molecule has 6 nitrogen and oxygen atoms in total. The van der Waals surface area contributed by atoms with Crippen molar-refractivity contribution < 1.29 is 22.7 Å². The highest BCUT2D eigenvalue weighted by Gasteiger charge is 2.32. The van der Waals surface area contributed by atoms with E-state index in [1.54, 1.807) is 4.57 Å². The minimum absolute atomic E-state index is 0.0582. The van der Waals surface area contributed by atoms with Crippen LogP contribution in [0.15, 0.2) is 12.1 Å². The van der Waals surface area contributed by atoms with Crippen LogP contribution in [-0.4, -0.2) is 42.1 Å². The molecule has 2 aromatic rings. The van der Waals surface area contributed by atoms with Gasteiger partial charge in [0.2, 0.25) is 5.91 Å². The molecule has 0 bridgehead atoms. The molecular formula is C19H22ClF2N3O3S2. The van der Waals surface area contributed by atoms with E-state index in [1.165, 1.54) is 6.07 Å². The Morgan fingerprint density at radius 3 is 2.73 bits per heavy atom. The fourth-order valence-electron chi connectivity index (χ4n) is 4.25. The van der Waals surface area contributed by atoms with Crippen LogP contribution in [0.4, 0.5) is 8.78 Å². The highest BCUT2D eigenvalue weighted by atomic mass is 35.5. The van der Waals surface area contributed by atoms with Crippen LogP contribution in [0.3, 0.4) is 0 Å². The zero-order valence-electron chi connectivity index (χ0n) is 16.0. The summed E-state index contributed by atoms with van der Waals surface area (Å²) in [5.41, 5.74) is 1.33. The van der Waals surface area contributed by atoms with Gasteiger partial charge in [0.1, 0.15) is 11.6 Å². The summed E-state index contributed by atoms with van der Waals surface area (Å²) >= 11 is 11.2. The molecule has 1 aromatic heterocycles. The van der Waals surface area contributed by atoms with Gasteiger partial charge in [-0.25, -0.2) is 8.78 Å². The number of benzene rings is 1. The first kappa shape index (κ1) is 21.8. The lowest BCUT2D eigenvalue weighted by atomic mass is 9.95. The number of aromatic nitrogens is 2. The minimum Gasteiger partial charge on any atom is -0.353 e. The van der Waals surface area contributed by atoms with Crippen molar-refractivity contribution in [1.29, 1.82) is 0 Å². The first-order chi connectivity index (χ1) is 14.1. The highest BCUT2D eigenvalue weighted by Crippen LogP contribution is 2.44. The molecule has 0 unspecified atom stereocenters. The van der Waals surface area contributed by atoms with Gasteiger partial charge in [-0.3, -0.25) is 13.9 Å². The summed E-state index contributed by atoms with van der Waals surface area (Å²) in [6.07, 6.45) is 1.45. The fourth-order valence-corrected chi connectivity index (χ4v) is 6.25. The van der Waals surface area contributed by atoms with Crippen LogP contribution >= 0.6 is 34.4 Å². The number of nitrogens with one attached hydrogen (secondary N) is 2. The second-order valence-corrected chi connectivity index (χ2v) is 11.1. The Morgan fingerprint density at radius 2 is 2.03 bits per heavy atom. The van der Waals surface area contributed by atoms with Gasteiger partial charge in [0.15, 0.2) is 4.77 Å². The fraction of sp³-hybridized carbons (Fsp3) is 0.474. The number of aromatic amines is 1. The van der Waals surface area contributed by atoms with Crippen molar-refractivity contribution in [1.82, 2.24) is 14.9 Å². The van der Waals surface area contributed by atoms with E-state index in [2.05, 4.69) is 10.3 Å². The molecule has 1 aromatic carbocycles. The van der Waals surface area contributed by atoms with Crippen LogP contribution in [0.25, 0.3) is 0 Å². The molecule has 2 aliphatic heterocycles. The van der Waals surface area contributed by atoms with Crippen molar-refractivity contribution in [3.8, 4) is 0 Å². The summed E-state index contributed by atoms with van der Waals surface area (Å²) < 4.78 is 50.3. The molecule has 1 saturated heterocycles. The third-order valence-corrected chi connectivity index (χ3v) is 8.19. The van der Waals surface area contributed by atoms with Gasteiger partial charge < -0.3 is 14.9 Å². The number of halogens is 3. The molecule has 0 aliphatic carbocycles. The zero-order valence-corrected chi connectivity index (χ0v) is 18.3. The van der Waals surface area contributed by atoms with Gasteiger partial charge in [-0.15, -0.1) is 0 Å². The van der Waals surface area contributed by atoms with E-state index in [-0.39, 0.29) is 29.0 Å². The maximum atomic E-state index is 14.5. The molecule has 164 valence electrons. The van der Waals surface area contributed by atoms with Gasteiger partial charge >= 0.3 is 0 Å². The summed E-state index contributed by atoms with van der Waals surface area (Å²) in [5, 5.41) is 2.80. The molecule has 0 saturated carbocycles. The maximum absolute atomic E-state index is 14.5. The molecule has 1 amide bonds. The van der Waals surface area contributed by atoms with Gasteiger partial charge in [0.25, 0.3) is 0 Å².